The first-order valence-electron chi connectivity index (χ1n) is 8.05. The van der Waals surface area contributed by atoms with Gasteiger partial charge in [-0.2, -0.15) is 13.2 Å². The van der Waals surface area contributed by atoms with E-state index < -0.39 is 27.5 Å². The molecule has 0 saturated heterocycles. The molecule has 0 aliphatic rings. The van der Waals surface area contributed by atoms with E-state index in [1.165, 1.54) is 30.3 Å². The SMILES string of the molecule is CS(=O)(=O)c1ccc2c(C(=O)[O-])c(CBr)c(-c3cccc(C(F)(F)F)c3)nc2c1. The molecule has 0 atom stereocenters. The third kappa shape index (κ3) is 4.13. The van der Waals surface area contributed by atoms with Crippen LogP contribution < -0.4 is 5.11 Å². The van der Waals surface area contributed by atoms with Crippen molar-refractivity contribution in [3.05, 3.63) is 59.2 Å². The molecular weight excluding hydrogens is 475 g/mol. The summed E-state index contributed by atoms with van der Waals surface area (Å²) in [5.41, 5.74) is -1.00. The Morgan fingerprint density at radius 2 is 1.86 bits per heavy atom. The van der Waals surface area contributed by atoms with Gasteiger partial charge in [-0.15, -0.1) is 0 Å². The average Bonchev–Trinajstić information content (AvgIpc) is 2.64. The molecule has 0 unspecified atom stereocenters. The third-order valence-corrected chi connectivity index (χ3v) is 5.96. The van der Waals surface area contributed by atoms with Crippen LogP contribution in [0.5, 0.6) is 0 Å². The normalized spacial score (nSPS) is 12.3. The lowest BCUT2D eigenvalue weighted by Gasteiger charge is -2.18. The van der Waals surface area contributed by atoms with Crippen molar-refractivity contribution in [2.45, 2.75) is 16.4 Å². The summed E-state index contributed by atoms with van der Waals surface area (Å²) in [5.74, 6) is -1.55. The molecule has 3 aromatic rings. The number of fused-ring (bicyclic) bond motifs is 1. The lowest BCUT2D eigenvalue weighted by molar-refractivity contribution is -0.254. The molecule has 0 saturated carbocycles. The maximum atomic E-state index is 13.1. The molecule has 0 amide bonds. The van der Waals surface area contributed by atoms with Crippen molar-refractivity contribution >= 4 is 42.6 Å². The van der Waals surface area contributed by atoms with Gasteiger partial charge in [0.2, 0.25) is 0 Å². The predicted molar refractivity (Wildman–Crippen MR) is 102 cm³/mol. The summed E-state index contributed by atoms with van der Waals surface area (Å²) in [6, 6.07) is 8.04. The number of aromatic nitrogens is 1. The Bertz CT molecular complexity index is 1240. The minimum absolute atomic E-state index is 0.00896. The van der Waals surface area contributed by atoms with Crippen molar-refractivity contribution in [3.63, 3.8) is 0 Å². The molecule has 152 valence electrons. The molecule has 0 fully saturated rings. The van der Waals surface area contributed by atoms with Crippen LogP contribution in [-0.2, 0) is 21.3 Å². The van der Waals surface area contributed by atoms with Crippen LogP contribution in [0.1, 0.15) is 21.5 Å². The second-order valence-electron chi connectivity index (χ2n) is 6.26. The van der Waals surface area contributed by atoms with Crippen LogP contribution in [0.3, 0.4) is 0 Å². The van der Waals surface area contributed by atoms with Crippen LogP contribution in [0, 0.1) is 0 Å². The number of hydrogen-bond donors (Lipinski definition) is 0. The maximum Gasteiger partial charge on any atom is 0.416 e. The Morgan fingerprint density at radius 3 is 2.41 bits per heavy atom. The van der Waals surface area contributed by atoms with E-state index >= 15 is 0 Å². The molecule has 2 aromatic carbocycles. The number of hydrogen-bond acceptors (Lipinski definition) is 5. The molecule has 10 heteroatoms. The van der Waals surface area contributed by atoms with E-state index in [1.54, 1.807) is 0 Å². The van der Waals surface area contributed by atoms with Crippen molar-refractivity contribution < 1.29 is 31.5 Å². The second-order valence-corrected chi connectivity index (χ2v) is 8.84. The maximum absolute atomic E-state index is 13.1. The molecule has 0 spiro atoms. The minimum Gasteiger partial charge on any atom is -0.545 e. The number of alkyl halides is 4. The van der Waals surface area contributed by atoms with Crippen LogP contribution >= 0.6 is 15.9 Å². The van der Waals surface area contributed by atoms with Gasteiger partial charge in [0.15, 0.2) is 9.84 Å². The molecular formula is C19H12BrF3NO4S-. The molecule has 0 radical (unpaired) electrons. The number of rotatable bonds is 4. The Labute approximate surface area is 172 Å². The Kier molecular flexibility index (Phi) is 5.44. The summed E-state index contributed by atoms with van der Waals surface area (Å²) in [5, 5.41) is 11.9. The zero-order valence-electron chi connectivity index (χ0n) is 14.7. The first-order chi connectivity index (χ1) is 13.4. The standard InChI is InChI=1S/C19H13BrF3NO4S/c1-29(27,28)12-5-6-13-15(8-12)24-17(14(9-20)16(13)18(25)26)10-3-2-4-11(7-10)19(21,22)23/h2-8H,9H2,1H3,(H,25,26)/p-1. The van der Waals surface area contributed by atoms with Gasteiger partial charge >= 0.3 is 6.18 Å². The lowest BCUT2D eigenvalue weighted by atomic mass is 9.97. The van der Waals surface area contributed by atoms with Crippen molar-refractivity contribution in [2.75, 3.05) is 6.26 Å². The van der Waals surface area contributed by atoms with E-state index in [2.05, 4.69) is 20.9 Å². The van der Waals surface area contributed by atoms with Gasteiger partial charge in [0.25, 0.3) is 0 Å². The molecule has 1 heterocycles. The summed E-state index contributed by atoms with van der Waals surface area (Å²) >= 11 is 3.17. The van der Waals surface area contributed by atoms with Gasteiger partial charge in [-0.3, -0.25) is 0 Å². The molecule has 0 bridgehead atoms. The molecule has 29 heavy (non-hydrogen) atoms. The largest absolute Gasteiger partial charge is 0.545 e. The van der Waals surface area contributed by atoms with Gasteiger partial charge in [0.1, 0.15) is 0 Å². The van der Waals surface area contributed by atoms with Crippen LogP contribution in [0.25, 0.3) is 22.2 Å². The second kappa shape index (κ2) is 7.42. The lowest BCUT2D eigenvalue weighted by Crippen LogP contribution is -2.24. The fourth-order valence-corrected chi connectivity index (χ4v) is 4.15. The van der Waals surface area contributed by atoms with E-state index in [4.69, 9.17) is 0 Å². The van der Waals surface area contributed by atoms with E-state index in [0.717, 1.165) is 18.4 Å². The minimum atomic E-state index is -4.60. The molecule has 0 N–H and O–H groups in total. The molecule has 3 rings (SSSR count). The fraction of sp³-hybridized carbons (Fsp3) is 0.158. The monoisotopic (exact) mass is 486 g/mol. The first-order valence-corrected chi connectivity index (χ1v) is 11.1. The molecule has 0 aliphatic carbocycles. The van der Waals surface area contributed by atoms with Crippen LogP contribution in [0.2, 0.25) is 0 Å². The summed E-state index contributed by atoms with van der Waals surface area (Å²) in [7, 11) is -3.61. The summed E-state index contributed by atoms with van der Waals surface area (Å²) in [4.78, 5) is 16.0. The van der Waals surface area contributed by atoms with Crippen molar-refractivity contribution in [1.29, 1.82) is 0 Å². The number of benzene rings is 2. The van der Waals surface area contributed by atoms with Gasteiger partial charge in [-0.25, -0.2) is 13.4 Å². The highest BCUT2D eigenvalue weighted by molar-refractivity contribution is 9.08. The number of carbonyl (C=O) groups excluding carboxylic acids is 1. The number of pyridine rings is 1. The molecule has 5 nitrogen and oxygen atoms in total. The number of aromatic carboxylic acids is 1. The number of sulfone groups is 1. The summed E-state index contributed by atoms with van der Waals surface area (Å²) in [6.07, 6.45) is -3.61. The van der Waals surface area contributed by atoms with Crippen LogP contribution in [0.15, 0.2) is 47.4 Å². The van der Waals surface area contributed by atoms with Crippen molar-refractivity contribution in [1.82, 2.24) is 4.98 Å². The van der Waals surface area contributed by atoms with Gasteiger partial charge in [-0.05, 0) is 29.8 Å². The van der Waals surface area contributed by atoms with E-state index in [0.29, 0.717) is 0 Å². The zero-order valence-corrected chi connectivity index (χ0v) is 17.2. The molecule has 0 aliphatic heterocycles. The summed E-state index contributed by atoms with van der Waals surface area (Å²) < 4.78 is 63.0. The first kappa shape index (κ1) is 21.3. The van der Waals surface area contributed by atoms with Gasteiger partial charge in [0.05, 0.1) is 27.6 Å². The van der Waals surface area contributed by atoms with Crippen LogP contribution in [0.4, 0.5) is 13.2 Å². The fourth-order valence-electron chi connectivity index (χ4n) is 2.96. The number of halogens is 4. The van der Waals surface area contributed by atoms with Gasteiger partial charge in [0, 0.05) is 28.1 Å². The Morgan fingerprint density at radius 1 is 1.17 bits per heavy atom. The highest BCUT2D eigenvalue weighted by Crippen LogP contribution is 2.36. The zero-order chi connectivity index (χ0) is 21.6. The van der Waals surface area contributed by atoms with E-state index in [9.17, 15) is 31.5 Å². The van der Waals surface area contributed by atoms with Crippen LogP contribution in [-0.4, -0.2) is 25.6 Å². The number of carboxylic acids is 1. The summed E-state index contributed by atoms with van der Waals surface area (Å²) in [6.45, 7) is 0. The predicted octanol–water partition coefficient (Wildman–Crippen LogP) is 3.58. The number of carbonyl (C=O) groups is 1. The quantitative estimate of drug-likeness (QED) is 0.526. The number of carboxylic acid groups (broad SMARTS) is 1. The average molecular weight is 487 g/mol. The topological polar surface area (TPSA) is 87.2 Å². The highest BCUT2D eigenvalue weighted by Gasteiger charge is 2.31. The Hall–Kier alpha value is -2.46. The third-order valence-electron chi connectivity index (χ3n) is 4.29. The van der Waals surface area contributed by atoms with Gasteiger partial charge < -0.3 is 9.90 Å². The van der Waals surface area contributed by atoms with E-state index in [-0.39, 0.29) is 43.5 Å². The van der Waals surface area contributed by atoms with Crippen molar-refractivity contribution in [3.8, 4) is 11.3 Å². The molecule has 1 aromatic heterocycles. The van der Waals surface area contributed by atoms with E-state index in [1.807, 2.05) is 0 Å². The smallest absolute Gasteiger partial charge is 0.416 e. The number of nitrogens with zero attached hydrogens (tertiary/aromatic N) is 1. The Balaban J connectivity index is 2.41. The van der Waals surface area contributed by atoms with Gasteiger partial charge in [-0.1, -0.05) is 34.1 Å². The van der Waals surface area contributed by atoms with Crippen molar-refractivity contribution in [2.24, 2.45) is 0 Å². The highest BCUT2D eigenvalue weighted by atomic mass is 79.9.